The van der Waals surface area contributed by atoms with Gasteiger partial charge in [-0.3, -0.25) is 9.79 Å². The molecule has 140 valence electrons. The fraction of sp³-hybridized carbons (Fsp3) is 0.222. The predicted octanol–water partition coefficient (Wildman–Crippen LogP) is 3.62. The van der Waals surface area contributed by atoms with Crippen LogP contribution in [0.5, 0.6) is 5.75 Å². The molecule has 0 aliphatic carbocycles. The number of carbonyl (C=O) groups excluding carboxylic acids is 1. The van der Waals surface area contributed by atoms with Crippen LogP contribution in [0.1, 0.15) is 16.8 Å². The predicted molar refractivity (Wildman–Crippen MR) is 120 cm³/mol. The number of halogens is 2. The van der Waals surface area contributed by atoms with Crippen molar-refractivity contribution in [3.05, 3.63) is 58.6 Å². The first-order valence-electron chi connectivity index (χ1n) is 7.83. The van der Waals surface area contributed by atoms with Crippen molar-refractivity contribution in [3.63, 3.8) is 0 Å². The Kier molecular flexibility index (Phi) is 10.0. The minimum Gasteiger partial charge on any atom is -0.497 e. The molecule has 2 rings (SSSR count). The molecule has 0 atom stereocenters. The lowest BCUT2D eigenvalue weighted by molar-refractivity contribution is 0.0953. The molecule has 8 heteroatoms. The average molecular weight is 533 g/mol. The van der Waals surface area contributed by atoms with Gasteiger partial charge < -0.3 is 21.1 Å². The summed E-state index contributed by atoms with van der Waals surface area (Å²) in [5, 5.41) is 5.86. The molecule has 1 amide bonds. The maximum absolute atomic E-state index is 12.0. The topological polar surface area (TPSA) is 88.7 Å². The van der Waals surface area contributed by atoms with E-state index in [0.717, 1.165) is 15.9 Å². The Morgan fingerprint density at radius 2 is 1.96 bits per heavy atom. The first kappa shape index (κ1) is 22.2. The Balaban J connectivity index is 0.00000338. The van der Waals surface area contributed by atoms with Crippen LogP contribution in [0.15, 0.2) is 58.0 Å². The second-order valence-corrected chi connectivity index (χ2v) is 6.16. The molecule has 0 bridgehead atoms. The molecule has 0 saturated heterocycles. The number of anilines is 1. The van der Waals surface area contributed by atoms with Gasteiger partial charge >= 0.3 is 0 Å². The summed E-state index contributed by atoms with van der Waals surface area (Å²) in [7, 11) is 1.62. The summed E-state index contributed by atoms with van der Waals surface area (Å²) in [6.45, 7) is 1.05. The number of amides is 1. The fourth-order valence-corrected chi connectivity index (χ4v) is 2.47. The highest BCUT2D eigenvalue weighted by Crippen LogP contribution is 2.14. The van der Waals surface area contributed by atoms with Gasteiger partial charge in [-0.15, -0.1) is 24.0 Å². The van der Waals surface area contributed by atoms with Gasteiger partial charge in [0.2, 0.25) is 0 Å². The van der Waals surface area contributed by atoms with Crippen LogP contribution in [0.2, 0.25) is 0 Å². The first-order chi connectivity index (χ1) is 12.1. The number of nitrogens with two attached hydrogens (primary N) is 1. The molecule has 0 aromatic heterocycles. The molecule has 0 unspecified atom stereocenters. The smallest absolute Gasteiger partial charge is 0.251 e. The Labute approximate surface area is 178 Å². The molecular formula is C18H22BrIN4O2. The van der Waals surface area contributed by atoms with Crippen LogP contribution >= 0.6 is 39.9 Å². The molecule has 6 nitrogen and oxygen atoms in total. The van der Waals surface area contributed by atoms with E-state index in [1.165, 1.54) is 0 Å². The van der Waals surface area contributed by atoms with Gasteiger partial charge in [-0.25, -0.2) is 0 Å². The highest BCUT2D eigenvalue weighted by atomic mass is 127. The zero-order valence-corrected chi connectivity index (χ0v) is 18.3. The van der Waals surface area contributed by atoms with E-state index in [1.807, 2.05) is 36.4 Å². The number of nitrogens with zero attached hydrogens (tertiary/aromatic N) is 1. The number of hydrogen-bond donors (Lipinski definition) is 3. The minimum atomic E-state index is -0.102. The van der Waals surface area contributed by atoms with Crippen LogP contribution in [-0.2, 0) is 0 Å². The third-order valence-electron chi connectivity index (χ3n) is 3.35. The molecule has 4 N–H and O–H groups in total. The summed E-state index contributed by atoms with van der Waals surface area (Å²) in [5.74, 6) is 1.01. The third kappa shape index (κ3) is 7.61. The number of carbonyl (C=O) groups is 1. The van der Waals surface area contributed by atoms with E-state index in [0.29, 0.717) is 31.0 Å². The van der Waals surface area contributed by atoms with Crippen LogP contribution in [-0.4, -0.2) is 32.1 Å². The fourth-order valence-electron chi connectivity index (χ4n) is 2.07. The molecule has 0 spiro atoms. The van der Waals surface area contributed by atoms with Crippen molar-refractivity contribution in [2.45, 2.75) is 6.42 Å². The molecule has 0 fully saturated rings. The maximum Gasteiger partial charge on any atom is 0.251 e. The van der Waals surface area contributed by atoms with E-state index < -0.39 is 0 Å². The van der Waals surface area contributed by atoms with Gasteiger partial charge in [0, 0.05) is 28.8 Å². The summed E-state index contributed by atoms with van der Waals surface area (Å²) in [6.07, 6.45) is 0.699. The van der Waals surface area contributed by atoms with E-state index in [4.69, 9.17) is 10.5 Å². The van der Waals surface area contributed by atoms with E-state index in [9.17, 15) is 4.79 Å². The van der Waals surface area contributed by atoms with Gasteiger partial charge in [0.15, 0.2) is 5.96 Å². The van der Waals surface area contributed by atoms with Gasteiger partial charge in [-0.1, -0.05) is 22.0 Å². The number of methoxy groups -OCH3 is 1. The van der Waals surface area contributed by atoms with Crippen molar-refractivity contribution in [3.8, 4) is 5.75 Å². The van der Waals surface area contributed by atoms with Crippen LogP contribution in [0.25, 0.3) is 0 Å². The maximum atomic E-state index is 12.0. The van der Waals surface area contributed by atoms with Crippen molar-refractivity contribution in [1.29, 1.82) is 0 Å². The number of ether oxygens (including phenoxy) is 1. The zero-order chi connectivity index (χ0) is 18.1. The molecule has 0 aliphatic rings. The standard InChI is InChI=1S/C18H21BrN4O2.HI/c1-25-16-8-6-15(7-9-16)23-18(20)22-11-3-10-21-17(24)13-4-2-5-14(19)12-13;/h2,4-9,12H,3,10-11H2,1H3,(H,21,24)(H3,20,22,23);1H. The lowest BCUT2D eigenvalue weighted by atomic mass is 10.2. The quantitative estimate of drug-likeness (QED) is 0.220. The van der Waals surface area contributed by atoms with Crippen molar-refractivity contribution in [2.24, 2.45) is 10.7 Å². The van der Waals surface area contributed by atoms with Crippen LogP contribution in [0.4, 0.5) is 5.69 Å². The minimum absolute atomic E-state index is 0. The Bertz CT molecular complexity index is 738. The number of guanidine groups is 1. The molecule has 0 aliphatic heterocycles. The Hall–Kier alpha value is -1.81. The highest BCUT2D eigenvalue weighted by Gasteiger charge is 2.04. The van der Waals surface area contributed by atoms with E-state index >= 15 is 0 Å². The van der Waals surface area contributed by atoms with E-state index in [2.05, 4.69) is 31.6 Å². The van der Waals surface area contributed by atoms with Crippen LogP contribution < -0.4 is 21.1 Å². The van der Waals surface area contributed by atoms with Crippen LogP contribution in [0.3, 0.4) is 0 Å². The number of hydrogen-bond acceptors (Lipinski definition) is 3. The summed E-state index contributed by atoms with van der Waals surface area (Å²) < 4.78 is 5.97. The number of aliphatic imine (C=N–C) groups is 1. The summed E-state index contributed by atoms with van der Waals surface area (Å²) in [6, 6.07) is 14.7. The zero-order valence-electron chi connectivity index (χ0n) is 14.4. The SMILES string of the molecule is COc1ccc(NC(N)=NCCCNC(=O)c2cccc(Br)c2)cc1.I. The highest BCUT2D eigenvalue weighted by molar-refractivity contribution is 14.0. The lowest BCUT2D eigenvalue weighted by Crippen LogP contribution is -2.26. The van der Waals surface area contributed by atoms with Gasteiger partial charge in [0.05, 0.1) is 7.11 Å². The number of nitrogens with one attached hydrogen (secondary N) is 2. The Morgan fingerprint density at radius 3 is 2.62 bits per heavy atom. The molecule has 2 aromatic rings. The second kappa shape index (κ2) is 11.7. The van der Waals surface area contributed by atoms with Crippen molar-refractivity contribution >= 4 is 57.5 Å². The van der Waals surface area contributed by atoms with Crippen molar-refractivity contribution in [1.82, 2.24) is 5.32 Å². The molecule has 26 heavy (non-hydrogen) atoms. The summed E-state index contributed by atoms with van der Waals surface area (Å²) >= 11 is 3.35. The molecule has 0 radical (unpaired) electrons. The van der Waals surface area contributed by atoms with E-state index in [-0.39, 0.29) is 29.9 Å². The Morgan fingerprint density at radius 1 is 1.23 bits per heavy atom. The molecular weight excluding hydrogens is 511 g/mol. The molecule has 2 aromatic carbocycles. The van der Waals surface area contributed by atoms with Crippen molar-refractivity contribution < 1.29 is 9.53 Å². The van der Waals surface area contributed by atoms with Gasteiger partial charge in [-0.05, 0) is 48.9 Å². The number of benzene rings is 2. The first-order valence-corrected chi connectivity index (χ1v) is 8.62. The molecule has 0 heterocycles. The van der Waals surface area contributed by atoms with Crippen LogP contribution in [0, 0.1) is 0 Å². The third-order valence-corrected chi connectivity index (χ3v) is 3.85. The summed E-state index contributed by atoms with van der Waals surface area (Å²) in [5.41, 5.74) is 7.30. The second-order valence-electron chi connectivity index (χ2n) is 5.24. The monoisotopic (exact) mass is 532 g/mol. The van der Waals surface area contributed by atoms with E-state index in [1.54, 1.807) is 19.2 Å². The summed E-state index contributed by atoms with van der Waals surface area (Å²) in [4.78, 5) is 16.2. The number of rotatable bonds is 7. The van der Waals surface area contributed by atoms with Crippen molar-refractivity contribution in [2.75, 3.05) is 25.5 Å². The van der Waals surface area contributed by atoms with Gasteiger partial charge in [0.25, 0.3) is 5.91 Å². The largest absolute Gasteiger partial charge is 0.497 e. The van der Waals surface area contributed by atoms with Gasteiger partial charge in [-0.2, -0.15) is 0 Å². The average Bonchev–Trinajstić information content (AvgIpc) is 2.62. The normalized spacial score (nSPS) is 10.6. The lowest BCUT2D eigenvalue weighted by Gasteiger charge is -2.07. The van der Waals surface area contributed by atoms with Gasteiger partial charge in [0.1, 0.15) is 5.75 Å². The molecule has 0 saturated carbocycles.